The van der Waals surface area contributed by atoms with E-state index in [1.54, 1.807) is 32.0 Å². The molecule has 7 unspecified atom stereocenters. The van der Waals surface area contributed by atoms with E-state index in [2.05, 4.69) is 26.4 Å². The van der Waals surface area contributed by atoms with E-state index in [4.69, 9.17) is 17.2 Å². The average molecular weight is 915 g/mol. The van der Waals surface area contributed by atoms with Crippen LogP contribution in [0.5, 0.6) is 5.75 Å². The monoisotopic (exact) mass is 914 g/mol. The van der Waals surface area contributed by atoms with Gasteiger partial charge in [0.05, 0.1) is 23.7 Å². The molecular formula is C39H50N10O12S2. The number of nitrogens with zero attached hydrogens (tertiary/aromatic N) is 2. The molecule has 7 atom stereocenters. The van der Waals surface area contributed by atoms with Crippen molar-refractivity contribution in [1.82, 2.24) is 35.6 Å². The van der Waals surface area contributed by atoms with Gasteiger partial charge in [0.25, 0.3) is 0 Å². The predicted octanol–water partition coefficient (Wildman–Crippen LogP) is -1.93. The van der Waals surface area contributed by atoms with Crippen LogP contribution in [0.15, 0.2) is 58.1 Å². The number of nitrogens with one attached hydrogen (secondary N) is 5. The number of H-pyrrole nitrogens is 1. The molecule has 0 saturated carbocycles. The van der Waals surface area contributed by atoms with Crippen molar-refractivity contribution in [3.8, 4) is 17.1 Å². The number of Topliss-reactive ketones (excluding diaryl/α,β-unsaturated/α-hetero) is 1. The molecule has 1 aromatic heterocycles. The van der Waals surface area contributed by atoms with E-state index < -0.39 is 126 Å². The first-order valence-corrected chi connectivity index (χ1v) is 22.1. The molecule has 1 fully saturated rings. The number of carbonyl (C=O) groups excluding carboxylic acids is 7. The van der Waals surface area contributed by atoms with Crippen LogP contribution in [0.1, 0.15) is 51.5 Å². The molecule has 2 heterocycles. The number of para-hydroxylation sites is 1. The summed E-state index contributed by atoms with van der Waals surface area (Å²) in [6.07, 6.45) is -2.15. The first-order valence-electron chi connectivity index (χ1n) is 19.7. The number of carbonyl (C=O) groups is 8. The van der Waals surface area contributed by atoms with Crippen LogP contribution in [-0.4, -0.2) is 113 Å². The highest BCUT2D eigenvalue weighted by Crippen LogP contribution is 2.25. The molecule has 340 valence electrons. The van der Waals surface area contributed by atoms with E-state index in [-0.39, 0.29) is 41.3 Å². The summed E-state index contributed by atoms with van der Waals surface area (Å²) in [6, 6.07) is 4.73. The van der Waals surface area contributed by atoms with Gasteiger partial charge >= 0.3 is 17.3 Å². The number of phenolic OH excluding ortho intramolecular Hbond substituents is 1. The molecule has 1 aliphatic rings. The molecule has 3 aromatic rings. The number of aliphatic carboxylic acids is 1. The number of hydrogen-bond donors (Lipinski definition) is 10. The number of nitrogens with two attached hydrogens (primary N) is 3. The number of ketones is 1. The van der Waals surface area contributed by atoms with Gasteiger partial charge in [-0.1, -0.05) is 66.1 Å². The van der Waals surface area contributed by atoms with Crippen LogP contribution in [0.3, 0.4) is 0 Å². The standard InChI is InChI=1S/C39H50N10O12S2/c1-3-19(2)32-36(57)43-24(10-12-30(41)52)29(51)15-21(16-31(42)53)33(54)45-26(37(58)59)18-63-62-17-23(40)34(55)44-25(35(56)46-32)13-20-9-11-28(50)27(14-20)49-39(61)48(38(60)47-49)22-7-5-4-6-8-22/h4-9,11,14,19,21,23-26,32,50H,3,10,12-13,15-18,40H2,1-2H3,(H2,41,52)(H2,42,53)(H,43,57)(H,44,55)(H,45,54)(H,46,56)(H,47,60)(H,58,59). The molecule has 0 bridgehead atoms. The highest BCUT2D eigenvalue weighted by molar-refractivity contribution is 8.76. The number of aromatic hydroxyl groups is 1. The summed E-state index contributed by atoms with van der Waals surface area (Å²) in [5.74, 6) is -10.6. The number of phenols is 1. The molecule has 0 aliphatic carbocycles. The van der Waals surface area contributed by atoms with E-state index in [0.717, 1.165) is 30.8 Å². The van der Waals surface area contributed by atoms with Crippen LogP contribution in [-0.2, 0) is 44.8 Å². The largest absolute Gasteiger partial charge is 0.506 e. The Balaban J connectivity index is 1.75. The zero-order valence-electron chi connectivity index (χ0n) is 34.2. The second kappa shape index (κ2) is 22.6. The van der Waals surface area contributed by atoms with Gasteiger partial charge < -0.3 is 48.7 Å². The maximum atomic E-state index is 14.3. The van der Waals surface area contributed by atoms with Crippen LogP contribution in [0.4, 0.5) is 0 Å². The van der Waals surface area contributed by atoms with Crippen molar-refractivity contribution < 1.29 is 48.6 Å². The fourth-order valence-electron chi connectivity index (χ4n) is 6.43. The lowest BCUT2D eigenvalue weighted by Crippen LogP contribution is -2.59. The van der Waals surface area contributed by atoms with Crippen molar-refractivity contribution in [1.29, 1.82) is 0 Å². The quantitative estimate of drug-likeness (QED) is 0.0885. The Morgan fingerprint density at radius 3 is 2.14 bits per heavy atom. The van der Waals surface area contributed by atoms with Crippen molar-refractivity contribution in [2.24, 2.45) is 29.0 Å². The maximum Gasteiger partial charge on any atom is 0.356 e. The van der Waals surface area contributed by atoms with E-state index in [9.17, 15) is 58.2 Å². The lowest BCUT2D eigenvalue weighted by Gasteiger charge is -2.29. The number of primary amides is 2. The van der Waals surface area contributed by atoms with Crippen molar-refractivity contribution in [3.05, 3.63) is 75.1 Å². The molecule has 1 aliphatic heterocycles. The normalized spacial score (nSPS) is 22.7. The summed E-state index contributed by atoms with van der Waals surface area (Å²) in [5, 5.41) is 33.1. The number of amides is 6. The van der Waals surface area contributed by atoms with Gasteiger partial charge in [-0.15, -0.1) is 0 Å². The molecule has 2 aromatic carbocycles. The molecule has 6 amide bonds. The number of aromatic amines is 1. The van der Waals surface area contributed by atoms with Gasteiger partial charge in [-0.25, -0.2) is 24.0 Å². The molecule has 13 N–H and O–H groups in total. The summed E-state index contributed by atoms with van der Waals surface area (Å²) in [4.78, 5) is 131. The Kier molecular flexibility index (Phi) is 17.7. The molecule has 24 heteroatoms. The van der Waals surface area contributed by atoms with Gasteiger partial charge in [0, 0.05) is 37.2 Å². The minimum atomic E-state index is -1.54. The third-order valence-electron chi connectivity index (χ3n) is 10.1. The number of carboxylic acids is 1. The van der Waals surface area contributed by atoms with Gasteiger partial charge in [-0.05, 0) is 42.2 Å². The van der Waals surface area contributed by atoms with E-state index in [1.807, 2.05) is 0 Å². The second-order valence-electron chi connectivity index (χ2n) is 14.8. The number of benzene rings is 2. The fraction of sp³-hybridized carbons (Fsp3) is 0.436. The van der Waals surface area contributed by atoms with Crippen molar-refractivity contribution in [2.75, 3.05) is 11.5 Å². The molecule has 4 rings (SSSR count). The Hall–Kier alpha value is -6.40. The number of carboxylic acid groups (broad SMARTS) is 1. The maximum absolute atomic E-state index is 14.3. The lowest BCUT2D eigenvalue weighted by atomic mass is 9.91. The minimum absolute atomic E-state index is 0.118. The van der Waals surface area contributed by atoms with Gasteiger partial charge in [0.2, 0.25) is 35.4 Å². The zero-order chi connectivity index (χ0) is 46.5. The number of rotatable bonds is 12. The third kappa shape index (κ3) is 13.5. The zero-order valence-corrected chi connectivity index (χ0v) is 35.9. The summed E-state index contributed by atoms with van der Waals surface area (Å²) in [6.45, 7) is 3.34. The Labute approximate surface area is 367 Å². The van der Waals surface area contributed by atoms with Crippen molar-refractivity contribution in [3.63, 3.8) is 0 Å². The Morgan fingerprint density at radius 1 is 0.841 bits per heavy atom. The van der Waals surface area contributed by atoms with Gasteiger partial charge in [0.15, 0.2) is 5.78 Å². The van der Waals surface area contributed by atoms with Gasteiger partial charge in [-0.2, -0.15) is 4.68 Å². The summed E-state index contributed by atoms with van der Waals surface area (Å²) >= 11 is 0. The highest BCUT2D eigenvalue weighted by atomic mass is 33.1. The fourth-order valence-corrected chi connectivity index (χ4v) is 8.71. The SMILES string of the molecule is CCC(C)C1NC(=O)C(Cc2ccc(O)c(-n3[nH]c(=O)n(-c4ccccc4)c3=O)c2)NC(=O)C(N)CSSCC(C(=O)O)NC(=O)C(CC(N)=O)CC(=O)C(CCC(N)=O)NC1=O. The second-order valence-corrected chi connectivity index (χ2v) is 17.4. The third-order valence-corrected chi connectivity index (χ3v) is 12.6. The van der Waals surface area contributed by atoms with Crippen LogP contribution < -0.4 is 49.8 Å². The van der Waals surface area contributed by atoms with E-state index in [1.165, 1.54) is 30.3 Å². The molecule has 1 saturated heterocycles. The summed E-state index contributed by atoms with van der Waals surface area (Å²) < 4.78 is 1.65. The molecule has 0 radical (unpaired) electrons. The van der Waals surface area contributed by atoms with E-state index >= 15 is 0 Å². The molecule has 22 nitrogen and oxygen atoms in total. The molecule has 0 spiro atoms. The highest BCUT2D eigenvalue weighted by Gasteiger charge is 2.36. The number of aromatic nitrogens is 3. The Bertz CT molecular complexity index is 2320. The molecular weight excluding hydrogens is 865 g/mol. The van der Waals surface area contributed by atoms with Gasteiger partial charge in [-0.3, -0.25) is 33.6 Å². The topological polar surface area (TPSA) is 363 Å². The minimum Gasteiger partial charge on any atom is -0.506 e. The summed E-state index contributed by atoms with van der Waals surface area (Å²) in [7, 11) is 1.92. The van der Waals surface area contributed by atoms with Gasteiger partial charge in [0.1, 0.15) is 29.6 Å². The van der Waals surface area contributed by atoms with Crippen LogP contribution in [0, 0.1) is 11.8 Å². The predicted molar refractivity (Wildman–Crippen MR) is 230 cm³/mol. The first-order chi connectivity index (χ1) is 29.8. The van der Waals surface area contributed by atoms with Crippen LogP contribution in [0.2, 0.25) is 0 Å². The average Bonchev–Trinajstić information content (AvgIpc) is 3.53. The van der Waals surface area contributed by atoms with Crippen LogP contribution >= 0.6 is 21.6 Å². The number of hydrogen-bond acceptors (Lipinski definition) is 14. The Morgan fingerprint density at radius 2 is 1.51 bits per heavy atom. The van der Waals surface area contributed by atoms with E-state index in [0.29, 0.717) is 6.42 Å². The first kappa shape index (κ1) is 49.3. The van der Waals surface area contributed by atoms with Crippen molar-refractivity contribution >= 4 is 68.8 Å². The smallest absolute Gasteiger partial charge is 0.356 e. The lowest BCUT2D eigenvalue weighted by molar-refractivity contribution is -0.142. The molecule has 63 heavy (non-hydrogen) atoms. The summed E-state index contributed by atoms with van der Waals surface area (Å²) in [5.41, 5.74) is 15.6. The van der Waals surface area contributed by atoms with Crippen molar-refractivity contribution in [2.45, 2.75) is 82.6 Å². The van der Waals surface area contributed by atoms with Crippen LogP contribution in [0.25, 0.3) is 11.4 Å².